The molecule has 53 heavy (non-hydrogen) atoms. The van der Waals surface area contributed by atoms with E-state index in [9.17, 15) is 65.8 Å². The molecule has 4 aromatic rings. The number of carbonyl (C=O) groups is 1. The zero-order valence-electron chi connectivity index (χ0n) is 27.1. The van der Waals surface area contributed by atoms with Crippen molar-refractivity contribution in [3.05, 3.63) is 76.5 Å². The van der Waals surface area contributed by atoms with Crippen LogP contribution >= 0.6 is 0 Å². The van der Waals surface area contributed by atoms with E-state index in [0.29, 0.717) is 0 Å². The Morgan fingerprint density at radius 3 is 1.98 bits per heavy atom. The molecular weight excluding hydrogens is 712 g/mol. The van der Waals surface area contributed by atoms with Gasteiger partial charge in [-0.3, -0.25) is 9.53 Å². The monoisotopic (exact) mass is 746 g/mol. The van der Waals surface area contributed by atoms with Crippen LogP contribution in [0.2, 0.25) is 0 Å². The van der Waals surface area contributed by atoms with Crippen LogP contribution < -0.4 is 14.9 Å². The summed E-state index contributed by atoms with van der Waals surface area (Å²) in [6.07, 6.45) is -16.9. The number of ether oxygens (including phenoxy) is 5. The molecule has 2 aliphatic rings. The molecule has 6 rings (SSSR count). The molecule has 2 saturated heterocycles. The molecule has 2 fully saturated rings. The lowest BCUT2D eigenvalue weighted by atomic mass is 9.97. The molecule has 3 aromatic carbocycles. The number of aliphatic hydroxyl groups is 8. The highest BCUT2D eigenvalue weighted by molar-refractivity contribution is 5.90. The van der Waals surface area contributed by atoms with Crippen molar-refractivity contribution in [2.75, 3.05) is 13.2 Å². The summed E-state index contributed by atoms with van der Waals surface area (Å²) in [6.45, 7) is -1.79. The van der Waals surface area contributed by atoms with Crippen LogP contribution in [0.25, 0.3) is 22.3 Å². The summed E-state index contributed by atoms with van der Waals surface area (Å²) in [5, 5.41) is 113. The van der Waals surface area contributed by atoms with Gasteiger partial charge in [-0.1, -0.05) is 0 Å². The van der Waals surface area contributed by atoms with Gasteiger partial charge in [0.1, 0.15) is 76.7 Å². The Hall–Kier alpha value is -5.06. The first-order chi connectivity index (χ1) is 25.2. The smallest absolute Gasteiger partial charge is 0.405 e. The van der Waals surface area contributed by atoms with E-state index in [2.05, 4.69) is 0 Å². The third-order valence-electron chi connectivity index (χ3n) is 8.63. The maximum absolute atomic E-state index is 14.3. The Morgan fingerprint density at radius 2 is 1.36 bits per heavy atom. The third kappa shape index (κ3) is 7.05. The van der Waals surface area contributed by atoms with Gasteiger partial charge in [-0.05, 0) is 48.5 Å². The molecule has 0 spiro atoms. The van der Waals surface area contributed by atoms with Gasteiger partial charge in [0, 0.05) is 17.7 Å². The predicted molar refractivity (Wildman–Crippen MR) is 173 cm³/mol. The van der Waals surface area contributed by atoms with E-state index < -0.39 is 114 Å². The van der Waals surface area contributed by atoms with Crippen molar-refractivity contribution in [3.63, 3.8) is 0 Å². The fraction of sp³-hybridized carbons (Fsp3) is 0.353. The highest BCUT2D eigenvalue weighted by atomic mass is 16.9. The van der Waals surface area contributed by atoms with Crippen molar-refractivity contribution in [2.45, 2.75) is 61.1 Å². The van der Waals surface area contributed by atoms with Crippen LogP contribution in [0.4, 0.5) is 0 Å². The minimum Gasteiger partial charge on any atom is -0.508 e. The number of aliphatic hydroxyl groups excluding tert-OH is 8. The standard InChI is InChI=1S/C34H34O19/c35-11-20-23(40)26(43)28(45)33(50-20)48-17-9-18(39)22-19(10-17)49-29(13-1-5-15(37)6-2-13)30(25(22)42)52-34(31(46)27(44)24(41)21(12-36)51-34)53-32(47)14-3-7-16(38)8-4-14/h1-10,20-21,23-24,26-28,31,33,35-41,43-46H,11-12H2. The third-order valence-corrected chi connectivity index (χ3v) is 8.63. The van der Waals surface area contributed by atoms with Gasteiger partial charge in [-0.25, -0.2) is 4.79 Å². The van der Waals surface area contributed by atoms with E-state index >= 15 is 0 Å². The quantitative estimate of drug-likeness (QED) is 0.0659. The number of phenolic OH excluding ortho intramolecular Hbond substituents is 3. The molecule has 3 heterocycles. The Morgan fingerprint density at radius 1 is 0.755 bits per heavy atom. The van der Waals surface area contributed by atoms with Gasteiger partial charge in [0.25, 0.3) is 0 Å². The zero-order chi connectivity index (χ0) is 38.4. The molecule has 0 aliphatic carbocycles. The van der Waals surface area contributed by atoms with Crippen LogP contribution in [0.1, 0.15) is 10.4 Å². The van der Waals surface area contributed by atoms with E-state index in [-0.39, 0.29) is 28.4 Å². The summed E-state index contributed by atoms with van der Waals surface area (Å²) in [5.74, 6) is -7.60. The Bertz CT molecular complexity index is 1990. The fourth-order valence-electron chi connectivity index (χ4n) is 5.75. The minimum atomic E-state index is -3.23. The number of phenols is 3. The van der Waals surface area contributed by atoms with Crippen molar-refractivity contribution in [1.29, 1.82) is 0 Å². The SMILES string of the molecule is O=C(OC1(Oc2c(-c3ccc(O)cc3)oc3cc(OC4OC(CO)C(O)C(O)C4O)cc(O)c3c2=O)OC(CO)C(O)C(O)C1O)c1ccc(O)cc1. The molecule has 0 radical (unpaired) electrons. The average Bonchev–Trinajstić information content (AvgIpc) is 3.14. The maximum atomic E-state index is 14.3. The van der Waals surface area contributed by atoms with Crippen molar-refractivity contribution < 1.29 is 89.1 Å². The number of carbonyl (C=O) groups excluding carboxylic acids is 1. The highest BCUT2D eigenvalue weighted by Crippen LogP contribution is 2.41. The van der Waals surface area contributed by atoms with Crippen LogP contribution in [0.3, 0.4) is 0 Å². The summed E-state index contributed by atoms with van der Waals surface area (Å²) in [7, 11) is 0. The van der Waals surface area contributed by atoms with Crippen LogP contribution in [0.15, 0.2) is 69.9 Å². The minimum absolute atomic E-state index is 0.0128. The molecule has 1 aromatic heterocycles. The van der Waals surface area contributed by atoms with Crippen LogP contribution in [0, 0.1) is 0 Å². The number of rotatable bonds is 9. The summed E-state index contributed by atoms with van der Waals surface area (Å²) < 4.78 is 33.8. The number of benzene rings is 3. The van der Waals surface area contributed by atoms with E-state index in [1.54, 1.807) is 0 Å². The van der Waals surface area contributed by atoms with Crippen molar-refractivity contribution in [1.82, 2.24) is 0 Å². The largest absolute Gasteiger partial charge is 0.508 e. The first kappa shape index (κ1) is 37.7. The number of fused-ring (bicyclic) bond motifs is 1. The van der Waals surface area contributed by atoms with E-state index in [1.165, 1.54) is 24.3 Å². The Labute approximate surface area is 296 Å². The normalized spacial score (nSPS) is 30.2. The van der Waals surface area contributed by atoms with Crippen LogP contribution in [-0.4, -0.2) is 136 Å². The lowest BCUT2D eigenvalue weighted by Gasteiger charge is -2.45. The van der Waals surface area contributed by atoms with Crippen molar-refractivity contribution in [2.24, 2.45) is 0 Å². The molecule has 0 saturated carbocycles. The van der Waals surface area contributed by atoms with Crippen LogP contribution in [-0.2, 0) is 14.2 Å². The highest BCUT2D eigenvalue weighted by Gasteiger charge is 2.60. The lowest BCUT2D eigenvalue weighted by molar-refractivity contribution is -0.418. The molecular formula is C34H34O19. The second kappa shape index (κ2) is 14.8. The van der Waals surface area contributed by atoms with Gasteiger partial charge in [-0.2, -0.15) is 0 Å². The molecule has 0 bridgehead atoms. The average molecular weight is 747 g/mol. The molecule has 11 N–H and O–H groups in total. The van der Waals surface area contributed by atoms with Crippen LogP contribution in [0.5, 0.6) is 28.7 Å². The van der Waals surface area contributed by atoms with Gasteiger partial charge < -0.3 is 79.5 Å². The van der Waals surface area contributed by atoms with Gasteiger partial charge in [0.15, 0.2) is 11.9 Å². The second-order valence-corrected chi connectivity index (χ2v) is 12.2. The zero-order valence-corrected chi connectivity index (χ0v) is 27.1. The molecule has 0 amide bonds. The topological polar surface area (TPSA) is 316 Å². The first-order valence-electron chi connectivity index (χ1n) is 15.8. The maximum Gasteiger partial charge on any atom is 0.405 e. The first-order valence-corrected chi connectivity index (χ1v) is 15.8. The number of hydrogen-bond donors (Lipinski definition) is 11. The summed E-state index contributed by atoms with van der Waals surface area (Å²) >= 11 is 0. The predicted octanol–water partition coefficient (Wildman–Crippen LogP) is -1.88. The van der Waals surface area contributed by atoms with Gasteiger partial charge in [0.05, 0.1) is 18.8 Å². The Balaban J connectivity index is 1.49. The van der Waals surface area contributed by atoms with E-state index in [0.717, 1.165) is 36.4 Å². The number of aromatic hydroxyl groups is 3. The number of hydrogen-bond acceptors (Lipinski definition) is 19. The van der Waals surface area contributed by atoms with E-state index in [4.69, 9.17) is 28.1 Å². The molecule has 2 aliphatic heterocycles. The summed E-state index contributed by atoms with van der Waals surface area (Å²) in [6, 6.07) is 11.3. The molecule has 10 atom stereocenters. The molecule has 10 unspecified atom stereocenters. The van der Waals surface area contributed by atoms with E-state index in [1.807, 2.05) is 0 Å². The fourth-order valence-corrected chi connectivity index (χ4v) is 5.75. The lowest BCUT2D eigenvalue weighted by Crippen LogP contribution is -2.69. The van der Waals surface area contributed by atoms with Gasteiger partial charge >= 0.3 is 11.9 Å². The molecule has 19 nitrogen and oxygen atoms in total. The summed E-state index contributed by atoms with van der Waals surface area (Å²) in [4.78, 5) is 27.6. The summed E-state index contributed by atoms with van der Waals surface area (Å²) in [5.41, 5.74) is -1.91. The molecule has 284 valence electrons. The Kier molecular flexibility index (Phi) is 10.5. The van der Waals surface area contributed by atoms with Gasteiger partial charge in [0.2, 0.25) is 17.5 Å². The van der Waals surface area contributed by atoms with Gasteiger partial charge in [-0.15, -0.1) is 0 Å². The number of esters is 1. The van der Waals surface area contributed by atoms with Crippen molar-refractivity contribution >= 4 is 16.9 Å². The molecule has 19 heteroatoms. The second-order valence-electron chi connectivity index (χ2n) is 12.2. The van der Waals surface area contributed by atoms with Crippen molar-refractivity contribution in [3.8, 4) is 40.1 Å².